The zero-order chi connectivity index (χ0) is 21.6. The summed E-state index contributed by atoms with van der Waals surface area (Å²) in [4.78, 5) is 6.70. The molecule has 29 heavy (non-hydrogen) atoms. The van der Waals surface area contributed by atoms with E-state index in [0.717, 1.165) is 25.6 Å². The fourth-order valence-electron chi connectivity index (χ4n) is 4.33. The largest absolute Gasteiger partial charge is 0.598 e. The van der Waals surface area contributed by atoms with Crippen molar-refractivity contribution >= 4 is 39.6 Å². The Bertz CT molecular complexity index is 841. The number of nitrogens with zero attached hydrogens (tertiary/aromatic N) is 3. The molecular weight excluding hydrogens is 456 g/mol. The number of nitrogens with one attached hydrogen (secondary N) is 3. The summed E-state index contributed by atoms with van der Waals surface area (Å²) in [6.07, 6.45) is 4.02. The van der Waals surface area contributed by atoms with E-state index in [1.807, 2.05) is 27.7 Å². The quantitative estimate of drug-likeness (QED) is 0.294. The maximum absolute atomic E-state index is 12.9. The Balaban J connectivity index is 1.95. The van der Waals surface area contributed by atoms with Gasteiger partial charge in [0.25, 0.3) is 0 Å². The summed E-state index contributed by atoms with van der Waals surface area (Å²) in [6, 6.07) is -0.0763. The second kappa shape index (κ2) is 8.30. The number of aryl methyl sites for hydroxylation is 1. The number of aromatic nitrogens is 2. The Morgan fingerprint density at radius 3 is 2.66 bits per heavy atom. The van der Waals surface area contributed by atoms with Crippen molar-refractivity contribution < 1.29 is 9.66 Å². The van der Waals surface area contributed by atoms with Crippen LogP contribution in [-0.4, -0.2) is 55.5 Å². The summed E-state index contributed by atoms with van der Waals surface area (Å²) in [5.74, 6) is 0.549. The molecule has 4 N–H and O–H groups in total. The molecule has 0 amide bonds. The number of aliphatic hydroxyl groups is 1. The molecule has 3 rings (SSSR count). The van der Waals surface area contributed by atoms with Crippen molar-refractivity contribution in [2.24, 2.45) is 5.41 Å². The van der Waals surface area contributed by atoms with E-state index in [9.17, 15) is 9.66 Å². The molecule has 1 aliphatic heterocycles. The predicted octanol–water partition coefficient (Wildman–Crippen LogP) is 2.05. The summed E-state index contributed by atoms with van der Waals surface area (Å²) < 4.78 is 17.9. The molecule has 4 atom stereocenters. The zero-order valence-electron chi connectivity index (χ0n) is 17.5. The number of piperidine rings is 1. The van der Waals surface area contributed by atoms with Crippen LogP contribution in [0.2, 0.25) is 0 Å². The first-order valence-electron chi connectivity index (χ1n) is 9.93. The highest BCUT2D eigenvalue weighted by atomic mass is 79.9. The molecule has 162 valence electrons. The first kappa shape index (κ1) is 22.7. The van der Waals surface area contributed by atoms with Crippen LogP contribution in [-0.2, 0) is 11.4 Å². The molecule has 8 nitrogen and oxygen atoms in total. The fourth-order valence-corrected chi connectivity index (χ4v) is 5.55. The van der Waals surface area contributed by atoms with E-state index in [1.165, 1.54) is 4.57 Å². The molecule has 10 heteroatoms. The highest BCUT2D eigenvalue weighted by Crippen LogP contribution is 2.47. The Morgan fingerprint density at radius 1 is 1.41 bits per heavy atom. The van der Waals surface area contributed by atoms with Crippen molar-refractivity contribution in [3.63, 3.8) is 0 Å². The molecule has 2 heterocycles. The molecule has 2 fully saturated rings. The molecule has 1 aliphatic carbocycles. The monoisotopic (exact) mass is 486 g/mol. The van der Waals surface area contributed by atoms with Crippen molar-refractivity contribution in [1.82, 2.24) is 14.3 Å². The molecular formula is C19H31BrN6O2S. The summed E-state index contributed by atoms with van der Waals surface area (Å²) >= 11 is 2.14. The smallest absolute Gasteiger partial charge is 0.212 e. The van der Waals surface area contributed by atoms with Gasteiger partial charge in [-0.05, 0) is 74.7 Å². The molecule has 1 saturated heterocycles. The molecule has 1 aromatic heterocycles. The van der Waals surface area contributed by atoms with E-state index in [2.05, 4.69) is 30.5 Å². The third-order valence-corrected chi connectivity index (χ3v) is 8.67. The highest BCUT2D eigenvalue weighted by molar-refractivity contribution is 9.10. The number of anilines is 1. The minimum atomic E-state index is -1.23. The van der Waals surface area contributed by atoms with E-state index >= 15 is 0 Å². The minimum absolute atomic E-state index is 0.0763. The van der Waals surface area contributed by atoms with Gasteiger partial charge < -0.3 is 14.6 Å². The van der Waals surface area contributed by atoms with Gasteiger partial charge in [0.2, 0.25) is 5.95 Å². The Hall–Kier alpha value is -0.940. The van der Waals surface area contributed by atoms with Gasteiger partial charge in [0.15, 0.2) is 0 Å². The number of aliphatic hydroxyl groups excluding tert-OH is 1. The van der Waals surface area contributed by atoms with E-state index in [0.29, 0.717) is 35.6 Å². The van der Waals surface area contributed by atoms with E-state index in [1.54, 1.807) is 0 Å². The lowest BCUT2D eigenvalue weighted by atomic mass is 9.73. The van der Waals surface area contributed by atoms with Gasteiger partial charge >= 0.3 is 0 Å². The number of hydrogen-bond donors (Lipinski definition) is 4. The van der Waals surface area contributed by atoms with Crippen molar-refractivity contribution in [1.29, 1.82) is 10.8 Å². The van der Waals surface area contributed by atoms with Crippen LogP contribution >= 0.6 is 15.9 Å². The van der Waals surface area contributed by atoms with Crippen molar-refractivity contribution in [2.45, 2.75) is 70.3 Å². The molecule has 1 spiro atoms. The van der Waals surface area contributed by atoms with Crippen LogP contribution in [0.1, 0.15) is 52.1 Å². The third kappa shape index (κ3) is 4.41. The normalized spacial score (nSPS) is 28.7. The number of halogens is 1. The Morgan fingerprint density at radius 2 is 2.10 bits per heavy atom. The molecule has 0 radical (unpaired) electrons. The molecule has 2 unspecified atom stereocenters. The summed E-state index contributed by atoms with van der Waals surface area (Å²) in [5.41, 5.74) is 0.782. The molecule has 0 aromatic carbocycles. The lowest BCUT2D eigenvalue weighted by molar-refractivity contribution is 0.124. The zero-order valence-corrected chi connectivity index (χ0v) is 19.9. The van der Waals surface area contributed by atoms with E-state index < -0.39 is 16.1 Å². The van der Waals surface area contributed by atoms with Crippen LogP contribution in [0.15, 0.2) is 4.47 Å². The van der Waals surface area contributed by atoms with E-state index in [-0.39, 0.29) is 23.0 Å². The summed E-state index contributed by atoms with van der Waals surface area (Å²) in [7, 11) is 0. The lowest BCUT2D eigenvalue weighted by Crippen LogP contribution is -2.60. The van der Waals surface area contributed by atoms with Gasteiger partial charge in [0, 0.05) is 24.5 Å². The second-order valence-corrected chi connectivity index (χ2v) is 12.0. The summed E-state index contributed by atoms with van der Waals surface area (Å²) in [5, 5.41) is 26.3. The number of rotatable bonds is 4. The topological polar surface area (TPSA) is 124 Å². The van der Waals surface area contributed by atoms with Gasteiger partial charge in [-0.15, -0.1) is 4.72 Å². The average Bonchev–Trinajstić information content (AvgIpc) is 3.02. The maximum Gasteiger partial charge on any atom is 0.212 e. The predicted molar refractivity (Wildman–Crippen MR) is 119 cm³/mol. The average molecular weight is 487 g/mol. The van der Waals surface area contributed by atoms with E-state index in [4.69, 9.17) is 10.8 Å². The molecule has 1 aromatic rings. The van der Waals surface area contributed by atoms with Crippen LogP contribution in [0.25, 0.3) is 0 Å². The van der Waals surface area contributed by atoms with Gasteiger partial charge in [0.1, 0.15) is 10.2 Å². The van der Waals surface area contributed by atoms with Gasteiger partial charge in [-0.25, -0.2) is 4.98 Å². The number of hydrogen-bond acceptors (Lipinski definition) is 7. The SMILES string of the molecule is Cc1nc(N2CCC3(CC[C@H](O)C3)C(N[S@+]([O-])C(C)(C)C)C2)n(C=N)c(=N)c1Br. The first-order chi connectivity index (χ1) is 13.5. The summed E-state index contributed by atoms with van der Waals surface area (Å²) in [6.45, 7) is 8.96. The molecule has 1 saturated carbocycles. The maximum atomic E-state index is 12.9. The van der Waals surface area contributed by atoms with Crippen LogP contribution < -0.4 is 15.1 Å². The third-order valence-electron chi connectivity index (χ3n) is 6.11. The van der Waals surface area contributed by atoms with Crippen LogP contribution in [0.5, 0.6) is 0 Å². The van der Waals surface area contributed by atoms with Crippen LogP contribution in [0, 0.1) is 23.2 Å². The van der Waals surface area contributed by atoms with Crippen molar-refractivity contribution in [2.75, 3.05) is 18.0 Å². The van der Waals surface area contributed by atoms with Gasteiger partial charge in [-0.1, -0.05) is 0 Å². The van der Waals surface area contributed by atoms with Gasteiger partial charge in [-0.2, -0.15) is 0 Å². The van der Waals surface area contributed by atoms with Crippen LogP contribution in [0.4, 0.5) is 5.95 Å². The Kier molecular flexibility index (Phi) is 6.51. The minimum Gasteiger partial charge on any atom is -0.598 e. The van der Waals surface area contributed by atoms with Gasteiger partial charge in [0.05, 0.1) is 28.7 Å². The molecule has 0 bridgehead atoms. The highest BCUT2D eigenvalue weighted by Gasteiger charge is 2.50. The van der Waals surface area contributed by atoms with Crippen molar-refractivity contribution in [3.8, 4) is 0 Å². The standard InChI is InChI=1S/C19H31BrN6O2S/c1-12-15(20)16(22)26(11-21)17(23-12)25-8-7-19(6-5-13(27)9-19)14(10-25)24-29(28)18(2,3)4/h11,13-14,21-22,24,27H,5-10H2,1-4H3/t13-,14?,19?,29+/m0/s1. The van der Waals surface area contributed by atoms with Crippen molar-refractivity contribution in [3.05, 3.63) is 15.7 Å². The van der Waals surface area contributed by atoms with Gasteiger partial charge in [-0.3, -0.25) is 15.4 Å². The fraction of sp³-hybridized carbons (Fsp3) is 0.737. The second-order valence-electron chi connectivity index (χ2n) is 9.17. The Labute approximate surface area is 183 Å². The van der Waals surface area contributed by atoms with Crippen LogP contribution in [0.3, 0.4) is 0 Å². The lowest BCUT2D eigenvalue weighted by Gasteiger charge is -2.47. The molecule has 2 aliphatic rings. The first-order valence-corrected chi connectivity index (χ1v) is 11.9.